The molecule has 1 aliphatic rings. The van der Waals surface area contributed by atoms with Gasteiger partial charge in [-0.1, -0.05) is 11.8 Å². The van der Waals surface area contributed by atoms with Gasteiger partial charge < -0.3 is 13.9 Å². The third kappa shape index (κ3) is 3.93. The summed E-state index contributed by atoms with van der Waals surface area (Å²) < 4.78 is 16.0. The predicted molar refractivity (Wildman–Crippen MR) is 89.5 cm³/mol. The summed E-state index contributed by atoms with van der Waals surface area (Å²) in [6, 6.07) is 5.23. The number of imide groups is 1. The highest BCUT2D eigenvalue weighted by atomic mass is 32.2. The molecule has 0 atom stereocenters. The van der Waals surface area contributed by atoms with Gasteiger partial charge in [-0.2, -0.15) is 0 Å². The number of thioether (sulfide) groups is 1. The zero-order chi connectivity index (χ0) is 17.8. The van der Waals surface area contributed by atoms with Crippen LogP contribution < -0.4 is 9.47 Å². The van der Waals surface area contributed by atoms with Crippen LogP contribution in [0.3, 0.4) is 0 Å². The lowest BCUT2D eigenvalue weighted by atomic mass is 10.2. The zero-order valence-electron chi connectivity index (χ0n) is 13.9. The first-order valence-electron chi connectivity index (χ1n) is 7.63. The molecule has 0 N–H and O–H groups in total. The molecule has 1 aromatic heterocycles. The molecule has 0 bridgehead atoms. The number of carbonyl (C=O) groups is 2. The van der Waals surface area contributed by atoms with E-state index >= 15 is 0 Å². The van der Waals surface area contributed by atoms with Gasteiger partial charge in [-0.05, 0) is 18.6 Å². The molecule has 8 nitrogen and oxygen atoms in total. The van der Waals surface area contributed by atoms with E-state index in [-0.39, 0.29) is 22.8 Å². The molecule has 9 heteroatoms. The number of ether oxygens (including phenoxy) is 2. The number of aromatic nitrogens is 2. The van der Waals surface area contributed by atoms with Gasteiger partial charge in [0.05, 0.1) is 20.0 Å². The second-order valence-electron chi connectivity index (χ2n) is 5.31. The van der Waals surface area contributed by atoms with Gasteiger partial charge in [0, 0.05) is 24.6 Å². The lowest BCUT2D eigenvalue weighted by Crippen LogP contribution is -2.33. The van der Waals surface area contributed by atoms with E-state index in [0.29, 0.717) is 35.9 Å². The van der Waals surface area contributed by atoms with Gasteiger partial charge in [0.15, 0.2) is 0 Å². The van der Waals surface area contributed by atoms with E-state index in [1.165, 1.54) is 4.90 Å². The molecule has 132 valence electrons. The SMILES string of the molecule is COc1cc(OC)cc(-c2nnc(SCC(=O)N3CCCC3=O)o2)c1. The molecule has 0 unspecified atom stereocenters. The summed E-state index contributed by atoms with van der Waals surface area (Å²) in [5.41, 5.74) is 0.650. The Morgan fingerprint density at radius 2 is 1.96 bits per heavy atom. The average molecular weight is 363 g/mol. The topological polar surface area (TPSA) is 94.8 Å². The van der Waals surface area contributed by atoms with Gasteiger partial charge in [0.1, 0.15) is 11.5 Å². The zero-order valence-corrected chi connectivity index (χ0v) is 14.7. The summed E-state index contributed by atoms with van der Waals surface area (Å²) in [4.78, 5) is 24.9. The van der Waals surface area contributed by atoms with Crippen LogP contribution >= 0.6 is 11.8 Å². The van der Waals surface area contributed by atoms with Crippen molar-refractivity contribution in [2.75, 3.05) is 26.5 Å². The van der Waals surface area contributed by atoms with Crippen LogP contribution in [0.1, 0.15) is 12.8 Å². The summed E-state index contributed by atoms with van der Waals surface area (Å²) >= 11 is 1.11. The minimum atomic E-state index is -0.240. The molecular weight excluding hydrogens is 346 g/mol. The van der Waals surface area contributed by atoms with Crippen molar-refractivity contribution in [1.82, 2.24) is 15.1 Å². The largest absolute Gasteiger partial charge is 0.497 e. The number of amides is 2. The van der Waals surface area contributed by atoms with Crippen LogP contribution in [-0.4, -0.2) is 53.4 Å². The Morgan fingerprint density at radius 1 is 1.24 bits per heavy atom. The van der Waals surface area contributed by atoms with Gasteiger partial charge in [-0.25, -0.2) is 0 Å². The Bertz CT molecular complexity index is 770. The molecule has 0 spiro atoms. The second-order valence-corrected chi connectivity index (χ2v) is 6.23. The van der Waals surface area contributed by atoms with E-state index in [9.17, 15) is 9.59 Å². The van der Waals surface area contributed by atoms with Gasteiger partial charge in [-0.3, -0.25) is 14.5 Å². The molecule has 25 heavy (non-hydrogen) atoms. The molecule has 2 heterocycles. The Hall–Kier alpha value is -2.55. The number of hydrogen-bond donors (Lipinski definition) is 0. The molecule has 2 aromatic rings. The van der Waals surface area contributed by atoms with E-state index in [2.05, 4.69) is 10.2 Å². The Balaban J connectivity index is 1.68. The molecule has 1 aromatic carbocycles. The highest BCUT2D eigenvalue weighted by Crippen LogP contribution is 2.30. The Kier molecular flexibility index (Phi) is 5.22. The third-order valence-electron chi connectivity index (χ3n) is 3.70. The van der Waals surface area contributed by atoms with Crippen LogP contribution in [0.5, 0.6) is 11.5 Å². The first kappa shape index (κ1) is 17.3. The summed E-state index contributed by atoms with van der Waals surface area (Å²) in [5.74, 6) is 1.21. The number of benzene rings is 1. The fraction of sp³-hybridized carbons (Fsp3) is 0.375. The van der Waals surface area contributed by atoms with Crippen LogP contribution in [0.2, 0.25) is 0 Å². The molecule has 2 amide bonds. The molecule has 3 rings (SSSR count). The second kappa shape index (κ2) is 7.56. The molecule has 1 saturated heterocycles. The Labute approximate surface area is 148 Å². The lowest BCUT2D eigenvalue weighted by molar-refractivity contribution is -0.140. The predicted octanol–water partition coefficient (Wildman–Crippen LogP) is 1.99. The number of carbonyl (C=O) groups excluding carboxylic acids is 2. The van der Waals surface area contributed by atoms with E-state index in [1.807, 2.05) is 0 Å². The van der Waals surface area contributed by atoms with Crippen molar-refractivity contribution in [2.24, 2.45) is 0 Å². The smallest absolute Gasteiger partial charge is 0.277 e. The summed E-state index contributed by atoms with van der Waals surface area (Å²) in [7, 11) is 3.11. The minimum Gasteiger partial charge on any atom is -0.497 e. The third-order valence-corrected chi connectivity index (χ3v) is 4.50. The quantitative estimate of drug-likeness (QED) is 0.719. The van der Waals surface area contributed by atoms with Crippen LogP contribution in [-0.2, 0) is 9.59 Å². The van der Waals surface area contributed by atoms with Crippen LogP contribution in [0.25, 0.3) is 11.5 Å². The maximum Gasteiger partial charge on any atom is 0.277 e. The van der Waals surface area contributed by atoms with Crippen molar-refractivity contribution in [3.05, 3.63) is 18.2 Å². The van der Waals surface area contributed by atoms with Crippen LogP contribution in [0.4, 0.5) is 0 Å². The average Bonchev–Trinajstić information content (AvgIpc) is 3.28. The van der Waals surface area contributed by atoms with Gasteiger partial charge in [-0.15, -0.1) is 10.2 Å². The van der Waals surface area contributed by atoms with E-state index < -0.39 is 0 Å². The summed E-state index contributed by atoms with van der Waals surface area (Å²) in [6.07, 6.45) is 1.15. The first-order chi connectivity index (χ1) is 12.1. The van der Waals surface area contributed by atoms with Gasteiger partial charge in [0.2, 0.25) is 17.7 Å². The first-order valence-corrected chi connectivity index (χ1v) is 8.62. The van der Waals surface area contributed by atoms with Crippen LogP contribution in [0.15, 0.2) is 27.8 Å². The highest BCUT2D eigenvalue weighted by Gasteiger charge is 2.26. The fourth-order valence-electron chi connectivity index (χ4n) is 2.43. The molecule has 0 saturated carbocycles. The maximum absolute atomic E-state index is 12.0. The molecule has 0 aliphatic carbocycles. The van der Waals surface area contributed by atoms with Crippen molar-refractivity contribution in [2.45, 2.75) is 18.1 Å². The molecular formula is C16H17N3O5S. The maximum atomic E-state index is 12.0. The van der Waals surface area contributed by atoms with Crippen molar-refractivity contribution in [3.8, 4) is 23.0 Å². The fourth-order valence-corrected chi connectivity index (χ4v) is 3.07. The Morgan fingerprint density at radius 3 is 2.56 bits per heavy atom. The minimum absolute atomic E-state index is 0.0782. The lowest BCUT2D eigenvalue weighted by Gasteiger charge is -2.11. The van der Waals surface area contributed by atoms with Gasteiger partial charge >= 0.3 is 0 Å². The van der Waals surface area contributed by atoms with Crippen LogP contribution in [0, 0.1) is 0 Å². The number of rotatable bonds is 6. The van der Waals surface area contributed by atoms with Crippen molar-refractivity contribution in [3.63, 3.8) is 0 Å². The monoisotopic (exact) mass is 363 g/mol. The number of hydrogen-bond acceptors (Lipinski definition) is 8. The van der Waals surface area contributed by atoms with Crippen molar-refractivity contribution >= 4 is 23.6 Å². The molecule has 0 radical (unpaired) electrons. The summed E-state index contributed by atoms with van der Waals surface area (Å²) in [5, 5.41) is 8.18. The van der Waals surface area contributed by atoms with Crippen molar-refractivity contribution < 1.29 is 23.5 Å². The van der Waals surface area contributed by atoms with E-state index in [4.69, 9.17) is 13.9 Å². The standard InChI is InChI=1S/C16H17N3O5S/c1-22-11-6-10(7-12(8-11)23-2)15-17-18-16(24-15)25-9-14(21)19-5-3-4-13(19)20/h6-8H,3-5,9H2,1-2H3. The number of nitrogens with zero attached hydrogens (tertiary/aromatic N) is 3. The number of methoxy groups -OCH3 is 2. The van der Waals surface area contributed by atoms with E-state index in [1.54, 1.807) is 32.4 Å². The van der Waals surface area contributed by atoms with Gasteiger partial charge in [0.25, 0.3) is 5.22 Å². The van der Waals surface area contributed by atoms with E-state index in [0.717, 1.165) is 18.2 Å². The molecule has 1 aliphatic heterocycles. The molecule has 1 fully saturated rings. The normalized spacial score (nSPS) is 14.0. The summed E-state index contributed by atoms with van der Waals surface area (Å²) in [6.45, 7) is 0.483. The highest BCUT2D eigenvalue weighted by molar-refractivity contribution is 7.99. The number of likely N-dealkylation sites (tertiary alicyclic amines) is 1. The van der Waals surface area contributed by atoms with Crippen molar-refractivity contribution in [1.29, 1.82) is 0 Å².